The third-order valence-electron chi connectivity index (χ3n) is 4.88. The van der Waals surface area contributed by atoms with Crippen LogP contribution in [-0.4, -0.2) is 49.5 Å². The van der Waals surface area contributed by atoms with Crippen LogP contribution in [0.3, 0.4) is 0 Å². The maximum absolute atomic E-state index is 11.9. The number of carbonyl (C=O) groups is 1. The third kappa shape index (κ3) is 3.79. The van der Waals surface area contributed by atoms with Crippen LogP contribution in [0.25, 0.3) is 10.9 Å². The third-order valence-corrected chi connectivity index (χ3v) is 5.11. The van der Waals surface area contributed by atoms with E-state index in [1.54, 1.807) is 25.3 Å². The van der Waals surface area contributed by atoms with Gasteiger partial charge in [-0.05, 0) is 24.3 Å². The summed E-state index contributed by atoms with van der Waals surface area (Å²) in [5, 5.41) is 14.2. The van der Waals surface area contributed by atoms with Gasteiger partial charge in [0.05, 0.1) is 42.9 Å². The zero-order chi connectivity index (χ0) is 20.4. The smallest absolute Gasteiger partial charge is 0.339 e. The van der Waals surface area contributed by atoms with Crippen LogP contribution in [0, 0.1) is 0 Å². The maximum Gasteiger partial charge on any atom is 0.339 e. The van der Waals surface area contributed by atoms with Crippen LogP contribution in [0.5, 0.6) is 5.75 Å². The number of nitrogens with one attached hydrogen (secondary N) is 1. The van der Waals surface area contributed by atoms with E-state index in [0.717, 1.165) is 24.3 Å². The molecule has 7 nitrogen and oxygen atoms in total. The Kier molecular flexibility index (Phi) is 5.42. The van der Waals surface area contributed by atoms with E-state index in [2.05, 4.69) is 15.2 Å². The molecule has 3 aromatic rings. The Morgan fingerprint density at radius 1 is 1.28 bits per heavy atom. The van der Waals surface area contributed by atoms with Crippen molar-refractivity contribution >= 4 is 45.5 Å². The fourth-order valence-electron chi connectivity index (χ4n) is 3.48. The van der Waals surface area contributed by atoms with Crippen molar-refractivity contribution in [1.29, 1.82) is 0 Å². The Labute approximate surface area is 172 Å². The number of anilines is 3. The van der Waals surface area contributed by atoms with E-state index in [1.807, 2.05) is 18.2 Å². The number of ether oxygens (including phenoxy) is 2. The molecule has 0 saturated carbocycles. The van der Waals surface area contributed by atoms with E-state index in [-0.39, 0.29) is 5.56 Å². The lowest BCUT2D eigenvalue weighted by molar-refractivity contribution is 0.0697. The summed E-state index contributed by atoms with van der Waals surface area (Å²) in [7, 11) is 1.55. The van der Waals surface area contributed by atoms with Gasteiger partial charge in [0.25, 0.3) is 0 Å². The molecule has 8 heteroatoms. The second-order valence-corrected chi connectivity index (χ2v) is 7.03. The summed E-state index contributed by atoms with van der Waals surface area (Å²) in [5.41, 5.74) is 2.76. The predicted molar refractivity (Wildman–Crippen MR) is 113 cm³/mol. The van der Waals surface area contributed by atoms with Crippen molar-refractivity contribution < 1.29 is 19.4 Å². The molecule has 2 heterocycles. The first-order valence-electron chi connectivity index (χ1n) is 9.17. The highest BCUT2D eigenvalue weighted by Crippen LogP contribution is 2.37. The summed E-state index contributed by atoms with van der Waals surface area (Å²) in [4.78, 5) is 18.6. The number of hydrogen-bond acceptors (Lipinski definition) is 6. The predicted octanol–water partition coefficient (Wildman–Crippen LogP) is 4.18. The number of pyridine rings is 1. The second-order valence-electron chi connectivity index (χ2n) is 6.59. The fraction of sp³-hybridized carbons (Fsp3) is 0.238. The molecule has 29 heavy (non-hydrogen) atoms. The number of aromatic nitrogens is 1. The van der Waals surface area contributed by atoms with Crippen molar-refractivity contribution in [2.24, 2.45) is 0 Å². The van der Waals surface area contributed by atoms with E-state index < -0.39 is 5.97 Å². The largest absolute Gasteiger partial charge is 0.495 e. The standard InChI is InChI=1S/C21H20ClN3O4/c1-28-18-6-5-13(22)11-16(18)24-19-14-3-2-4-17(25-7-9-29-10-8-25)20(14)23-12-15(19)21(26)27/h2-6,11-12H,7-10H2,1H3,(H,23,24)(H,26,27). The van der Waals surface area contributed by atoms with Crippen molar-refractivity contribution in [3.63, 3.8) is 0 Å². The molecule has 2 aromatic carbocycles. The van der Waals surface area contributed by atoms with Gasteiger partial charge in [-0.2, -0.15) is 0 Å². The average molecular weight is 414 g/mol. The first-order chi connectivity index (χ1) is 14.1. The summed E-state index contributed by atoms with van der Waals surface area (Å²) < 4.78 is 10.8. The first kappa shape index (κ1) is 19.3. The van der Waals surface area contributed by atoms with Gasteiger partial charge in [0.15, 0.2) is 0 Å². The Hall–Kier alpha value is -3.03. The molecule has 1 aliphatic heterocycles. The highest BCUT2D eigenvalue weighted by atomic mass is 35.5. The number of aromatic carboxylic acids is 1. The molecule has 2 N–H and O–H groups in total. The molecule has 0 aliphatic carbocycles. The molecular formula is C21H20ClN3O4. The number of methoxy groups -OCH3 is 1. The summed E-state index contributed by atoms with van der Waals surface area (Å²) >= 11 is 6.14. The highest BCUT2D eigenvalue weighted by Gasteiger charge is 2.20. The number of fused-ring (bicyclic) bond motifs is 1. The van der Waals surface area contributed by atoms with Crippen molar-refractivity contribution in [2.75, 3.05) is 43.6 Å². The SMILES string of the molecule is COc1ccc(Cl)cc1Nc1c(C(=O)O)cnc2c(N3CCOCC3)cccc12. The zero-order valence-corrected chi connectivity index (χ0v) is 16.6. The summed E-state index contributed by atoms with van der Waals surface area (Å²) in [6.45, 7) is 2.81. The average Bonchev–Trinajstić information content (AvgIpc) is 2.74. The lowest BCUT2D eigenvalue weighted by Gasteiger charge is -2.29. The molecule has 0 unspecified atom stereocenters. The molecule has 150 valence electrons. The molecule has 1 saturated heterocycles. The molecule has 0 atom stereocenters. The number of para-hydroxylation sites is 1. The Morgan fingerprint density at radius 3 is 2.79 bits per heavy atom. The van der Waals surface area contributed by atoms with Crippen LogP contribution >= 0.6 is 11.6 Å². The molecule has 0 spiro atoms. The van der Waals surface area contributed by atoms with Gasteiger partial charge in [-0.15, -0.1) is 0 Å². The second kappa shape index (κ2) is 8.14. The van der Waals surface area contributed by atoms with Gasteiger partial charge in [-0.25, -0.2) is 4.79 Å². The van der Waals surface area contributed by atoms with Crippen molar-refractivity contribution in [2.45, 2.75) is 0 Å². The van der Waals surface area contributed by atoms with Gasteiger partial charge in [-0.1, -0.05) is 23.7 Å². The van der Waals surface area contributed by atoms with E-state index >= 15 is 0 Å². The van der Waals surface area contributed by atoms with Crippen molar-refractivity contribution in [3.05, 3.63) is 53.2 Å². The van der Waals surface area contributed by atoms with Crippen LogP contribution in [-0.2, 0) is 4.74 Å². The van der Waals surface area contributed by atoms with Crippen molar-refractivity contribution in [1.82, 2.24) is 4.98 Å². The molecule has 1 fully saturated rings. The topological polar surface area (TPSA) is 83.9 Å². The van der Waals surface area contributed by atoms with Crippen LogP contribution in [0.4, 0.5) is 17.1 Å². The number of morpholine rings is 1. The van der Waals surface area contributed by atoms with E-state index in [1.165, 1.54) is 6.20 Å². The molecule has 0 amide bonds. The minimum Gasteiger partial charge on any atom is -0.495 e. The van der Waals surface area contributed by atoms with E-state index in [0.29, 0.717) is 40.7 Å². The quantitative estimate of drug-likeness (QED) is 0.649. The van der Waals surface area contributed by atoms with Crippen LogP contribution in [0.1, 0.15) is 10.4 Å². The van der Waals surface area contributed by atoms with Crippen molar-refractivity contribution in [3.8, 4) is 5.75 Å². The lowest BCUT2D eigenvalue weighted by Crippen LogP contribution is -2.36. The number of halogens is 1. The summed E-state index contributed by atoms with van der Waals surface area (Å²) in [6.07, 6.45) is 1.38. The van der Waals surface area contributed by atoms with E-state index in [9.17, 15) is 9.90 Å². The molecular weight excluding hydrogens is 394 g/mol. The Morgan fingerprint density at radius 2 is 2.07 bits per heavy atom. The van der Waals surface area contributed by atoms with E-state index in [4.69, 9.17) is 21.1 Å². The van der Waals surface area contributed by atoms with Gasteiger partial charge in [0, 0.05) is 29.7 Å². The molecule has 0 bridgehead atoms. The first-order valence-corrected chi connectivity index (χ1v) is 9.54. The number of benzene rings is 2. The Balaban J connectivity index is 1.88. The number of carboxylic acid groups (broad SMARTS) is 1. The molecule has 1 aliphatic rings. The number of nitrogens with zero attached hydrogens (tertiary/aromatic N) is 2. The molecule has 4 rings (SSSR count). The maximum atomic E-state index is 11.9. The highest BCUT2D eigenvalue weighted by molar-refractivity contribution is 6.31. The summed E-state index contributed by atoms with van der Waals surface area (Å²) in [5.74, 6) is -0.514. The van der Waals surface area contributed by atoms with Crippen LogP contribution in [0.2, 0.25) is 5.02 Å². The van der Waals surface area contributed by atoms with Gasteiger partial charge in [-0.3, -0.25) is 4.98 Å². The van der Waals surface area contributed by atoms with Gasteiger partial charge >= 0.3 is 5.97 Å². The molecule has 1 aromatic heterocycles. The minimum atomic E-state index is -1.07. The number of carboxylic acids is 1. The normalized spacial score (nSPS) is 14.1. The minimum absolute atomic E-state index is 0.0682. The van der Waals surface area contributed by atoms with Crippen LogP contribution < -0.4 is 15.0 Å². The number of hydrogen-bond donors (Lipinski definition) is 2. The fourth-order valence-corrected chi connectivity index (χ4v) is 3.65. The van der Waals surface area contributed by atoms with Gasteiger partial charge < -0.3 is 24.8 Å². The van der Waals surface area contributed by atoms with Gasteiger partial charge in [0.2, 0.25) is 0 Å². The monoisotopic (exact) mass is 413 g/mol. The lowest BCUT2D eigenvalue weighted by atomic mass is 10.1. The zero-order valence-electron chi connectivity index (χ0n) is 15.8. The Bertz CT molecular complexity index is 1070. The number of rotatable bonds is 5. The summed E-state index contributed by atoms with van der Waals surface area (Å²) in [6, 6.07) is 10.9. The van der Waals surface area contributed by atoms with Gasteiger partial charge in [0.1, 0.15) is 11.3 Å². The molecule has 0 radical (unpaired) electrons. The van der Waals surface area contributed by atoms with Crippen LogP contribution in [0.15, 0.2) is 42.6 Å².